The molecule has 0 spiro atoms. The summed E-state index contributed by atoms with van der Waals surface area (Å²) < 4.78 is 1.91. The van der Waals surface area contributed by atoms with E-state index in [0.29, 0.717) is 0 Å². The summed E-state index contributed by atoms with van der Waals surface area (Å²) in [7, 11) is 0. The zero-order valence-electron chi connectivity index (χ0n) is 12.6. The Morgan fingerprint density at radius 1 is 1.14 bits per heavy atom. The average Bonchev–Trinajstić information content (AvgIpc) is 2.96. The molecule has 22 heavy (non-hydrogen) atoms. The van der Waals surface area contributed by atoms with Gasteiger partial charge in [-0.1, -0.05) is 36.4 Å². The molecule has 3 heterocycles. The maximum Gasteiger partial charge on any atom is 0.154 e. The summed E-state index contributed by atoms with van der Waals surface area (Å²) in [6.07, 6.45) is 7.08. The molecule has 1 aliphatic rings. The van der Waals surface area contributed by atoms with Gasteiger partial charge in [-0.2, -0.15) is 5.10 Å². The number of nitrogens with zero attached hydrogens (tertiary/aromatic N) is 4. The van der Waals surface area contributed by atoms with Crippen LogP contribution in [0.25, 0.3) is 11.1 Å². The van der Waals surface area contributed by atoms with Crippen molar-refractivity contribution in [2.75, 3.05) is 18.0 Å². The van der Waals surface area contributed by atoms with E-state index in [9.17, 15) is 0 Å². The van der Waals surface area contributed by atoms with Gasteiger partial charge in [-0.05, 0) is 30.5 Å². The minimum atomic E-state index is 0.890. The van der Waals surface area contributed by atoms with Gasteiger partial charge in [-0.3, -0.25) is 0 Å². The van der Waals surface area contributed by atoms with Crippen LogP contribution in [0, 0.1) is 6.92 Å². The molecule has 3 aromatic rings. The Balaban J connectivity index is 1.64. The van der Waals surface area contributed by atoms with Crippen LogP contribution in [0.5, 0.6) is 0 Å². The van der Waals surface area contributed by atoms with Crippen molar-refractivity contribution in [1.82, 2.24) is 14.6 Å². The Hall–Kier alpha value is -2.62. The molecule has 110 valence electrons. The van der Waals surface area contributed by atoms with Crippen molar-refractivity contribution >= 4 is 16.9 Å². The Labute approximate surface area is 129 Å². The first-order valence-electron chi connectivity index (χ1n) is 7.62. The third-order valence-electron chi connectivity index (χ3n) is 4.14. The van der Waals surface area contributed by atoms with Gasteiger partial charge in [-0.15, -0.1) is 0 Å². The van der Waals surface area contributed by atoms with E-state index in [1.807, 2.05) is 23.8 Å². The van der Waals surface area contributed by atoms with Crippen LogP contribution >= 0.6 is 0 Å². The second kappa shape index (κ2) is 5.30. The van der Waals surface area contributed by atoms with Gasteiger partial charge < -0.3 is 4.90 Å². The Morgan fingerprint density at radius 2 is 2.00 bits per heavy atom. The molecule has 0 fully saturated rings. The highest BCUT2D eigenvalue weighted by molar-refractivity contribution is 5.73. The number of fused-ring (bicyclic) bond motifs is 1. The van der Waals surface area contributed by atoms with Crippen LogP contribution in [0.15, 0.2) is 54.9 Å². The molecule has 0 radical (unpaired) electrons. The lowest BCUT2D eigenvalue weighted by molar-refractivity contribution is 0.810. The monoisotopic (exact) mass is 290 g/mol. The highest BCUT2D eigenvalue weighted by atomic mass is 15.3. The lowest BCUT2D eigenvalue weighted by atomic mass is 9.99. The maximum atomic E-state index is 4.58. The van der Waals surface area contributed by atoms with Crippen LogP contribution in [0.4, 0.5) is 5.82 Å². The van der Waals surface area contributed by atoms with Crippen molar-refractivity contribution in [1.29, 1.82) is 0 Å². The molecular weight excluding hydrogens is 272 g/mol. The number of aryl methyl sites for hydroxylation is 1. The van der Waals surface area contributed by atoms with E-state index in [2.05, 4.69) is 57.5 Å². The Bertz CT molecular complexity index is 833. The molecule has 0 N–H and O–H groups in total. The lowest BCUT2D eigenvalue weighted by Crippen LogP contribution is -2.29. The summed E-state index contributed by atoms with van der Waals surface area (Å²) in [5.41, 5.74) is 4.85. The van der Waals surface area contributed by atoms with Crippen molar-refractivity contribution in [3.05, 3.63) is 66.1 Å². The van der Waals surface area contributed by atoms with Crippen molar-refractivity contribution in [2.45, 2.75) is 13.3 Å². The summed E-state index contributed by atoms with van der Waals surface area (Å²) in [5, 5.41) is 4.47. The largest absolute Gasteiger partial charge is 0.351 e. The molecule has 4 rings (SSSR count). The van der Waals surface area contributed by atoms with Crippen LogP contribution in [0.3, 0.4) is 0 Å². The minimum absolute atomic E-state index is 0.890. The zero-order valence-corrected chi connectivity index (χ0v) is 12.6. The van der Waals surface area contributed by atoms with Gasteiger partial charge in [0.25, 0.3) is 0 Å². The first-order chi connectivity index (χ1) is 10.8. The fraction of sp³-hybridized carbons (Fsp3) is 0.222. The molecule has 0 saturated heterocycles. The molecule has 4 nitrogen and oxygen atoms in total. The number of hydrogen-bond acceptors (Lipinski definition) is 3. The second-order valence-electron chi connectivity index (χ2n) is 5.66. The topological polar surface area (TPSA) is 33.4 Å². The number of hydrogen-bond donors (Lipinski definition) is 0. The van der Waals surface area contributed by atoms with Crippen LogP contribution in [0.2, 0.25) is 0 Å². The van der Waals surface area contributed by atoms with Gasteiger partial charge in [0, 0.05) is 25.5 Å². The van der Waals surface area contributed by atoms with Gasteiger partial charge in [0.2, 0.25) is 0 Å². The average molecular weight is 290 g/mol. The van der Waals surface area contributed by atoms with Crippen molar-refractivity contribution in [3.8, 4) is 0 Å². The normalized spacial score (nSPS) is 15.1. The predicted molar refractivity (Wildman–Crippen MR) is 89.0 cm³/mol. The summed E-state index contributed by atoms with van der Waals surface area (Å²) in [6.45, 7) is 3.89. The number of benzene rings is 1. The number of anilines is 1. The SMILES string of the molecule is Cc1cc2c(N3CC=C(c4ccccc4)CC3)nccn2n1. The van der Waals surface area contributed by atoms with E-state index in [-0.39, 0.29) is 0 Å². The Kier molecular flexibility index (Phi) is 3.15. The molecule has 0 unspecified atom stereocenters. The van der Waals surface area contributed by atoms with Crippen molar-refractivity contribution in [2.24, 2.45) is 0 Å². The zero-order chi connectivity index (χ0) is 14.9. The van der Waals surface area contributed by atoms with Crippen LogP contribution in [-0.2, 0) is 0 Å². The highest BCUT2D eigenvalue weighted by Gasteiger charge is 2.17. The summed E-state index contributed by atoms with van der Waals surface area (Å²) in [5.74, 6) is 1.02. The summed E-state index contributed by atoms with van der Waals surface area (Å²) in [6, 6.07) is 12.7. The van der Waals surface area contributed by atoms with Crippen LogP contribution in [0.1, 0.15) is 17.7 Å². The van der Waals surface area contributed by atoms with E-state index >= 15 is 0 Å². The van der Waals surface area contributed by atoms with E-state index in [1.165, 1.54) is 11.1 Å². The van der Waals surface area contributed by atoms with Crippen LogP contribution < -0.4 is 4.90 Å². The molecule has 0 amide bonds. The van der Waals surface area contributed by atoms with Gasteiger partial charge in [0.05, 0.1) is 5.69 Å². The van der Waals surface area contributed by atoms with Gasteiger partial charge >= 0.3 is 0 Å². The smallest absolute Gasteiger partial charge is 0.154 e. The molecule has 1 aliphatic heterocycles. The first kappa shape index (κ1) is 13.1. The standard InChI is InChI=1S/C18H18N4/c1-14-13-17-18(19-9-12-22(17)20-14)21-10-7-16(8-11-21)15-5-3-2-4-6-15/h2-7,9,12-13H,8,10-11H2,1H3. The van der Waals surface area contributed by atoms with E-state index in [4.69, 9.17) is 0 Å². The first-order valence-corrected chi connectivity index (χ1v) is 7.62. The molecule has 2 aromatic heterocycles. The second-order valence-corrected chi connectivity index (χ2v) is 5.66. The molecule has 0 aliphatic carbocycles. The quantitative estimate of drug-likeness (QED) is 0.726. The summed E-state index contributed by atoms with van der Waals surface area (Å²) in [4.78, 5) is 6.90. The number of aromatic nitrogens is 3. The molecule has 0 atom stereocenters. The fourth-order valence-electron chi connectivity index (χ4n) is 3.05. The number of rotatable bonds is 2. The highest BCUT2D eigenvalue weighted by Crippen LogP contribution is 2.26. The Morgan fingerprint density at radius 3 is 2.77 bits per heavy atom. The van der Waals surface area contributed by atoms with E-state index < -0.39 is 0 Å². The van der Waals surface area contributed by atoms with E-state index in [1.54, 1.807) is 0 Å². The third kappa shape index (κ3) is 2.26. The molecule has 0 bridgehead atoms. The third-order valence-corrected chi connectivity index (χ3v) is 4.14. The fourth-order valence-corrected chi connectivity index (χ4v) is 3.05. The van der Waals surface area contributed by atoms with Gasteiger partial charge in [0.1, 0.15) is 5.52 Å². The van der Waals surface area contributed by atoms with Gasteiger partial charge in [0.15, 0.2) is 5.82 Å². The molecule has 4 heteroatoms. The summed E-state index contributed by atoms with van der Waals surface area (Å²) >= 11 is 0. The van der Waals surface area contributed by atoms with Gasteiger partial charge in [-0.25, -0.2) is 9.50 Å². The van der Waals surface area contributed by atoms with E-state index in [0.717, 1.165) is 36.5 Å². The molecular formula is C18H18N4. The minimum Gasteiger partial charge on any atom is -0.351 e. The van der Waals surface area contributed by atoms with Crippen molar-refractivity contribution in [3.63, 3.8) is 0 Å². The lowest BCUT2D eigenvalue weighted by Gasteiger charge is -2.28. The van der Waals surface area contributed by atoms with Crippen LogP contribution in [-0.4, -0.2) is 27.7 Å². The van der Waals surface area contributed by atoms with Crippen molar-refractivity contribution < 1.29 is 0 Å². The molecule has 1 aromatic carbocycles. The predicted octanol–water partition coefficient (Wildman–Crippen LogP) is 3.33. The molecule has 0 saturated carbocycles. The maximum absolute atomic E-state index is 4.58.